The van der Waals surface area contributed by atoms with Gasteiger partial charge >= 0.3 is 0 Å². The lowest BCUT2D eigenvalue weighted by molar-refractivity contribution is -0.106. The Morgan fingerprint density at radius 3 is 2.77 bits per heavy atom. The Hall–Kier alpha value is -3.80. The first-order chi connectivity index (χ1) is 14.7. The molecular formula is C24H22N4O2. The van der Waals surface area contributed by atoms with Crippen LogP contribution in [0.3, 0.4) is 0 Å². The highest BCUT2D eigenvalue weighted by Gasteiger charge is 2.30. The van der Waals surface area contributed by atoms with Crippen molar-refractivity contribution in [2.45, 2.75) is 19.9 Å². The highest BCUT2D eigenvalue weighted by molar-refractivity contribution is 5.99. The van der Waals surface area contributed by atoms with Crippen LogP contribution in [-0.2, 0) is 11.3 Å². The van der Waals surface area contributed by atoms with Crippen molar-refractivity contribution >= 4 is 17.8 Å². The maximum atomic E-state index is 12.3. The lowest BCUT2D eigenvalue weighted by atomic mass is 10.0. The average Bonchev–Trinajstić information content (AvgIpc) is 3.38. The number of fused-ring (bicyclic) bond motifs is 2. The van der Waals surface area contributed by atoms with E-state index in [0.717, 1.165) is 59.0 Å². The van der Waals surface area contributed by atoms with Crippen molar-refractivity contribution in [3.8, 4) is 11.4 Å². The second-order valence-electron chi connectivity index (χ2n) is 7.40. The number of hydrogen-bond donors (Lipinski definition) is 0. The summed E-state index contributed by atoms with van der Waals surface area (Å²) in [5.74, 6) is 0.696. The molecule has 0 bridgehead atoms. The molecule has 2 aliphatic heterocycles. The van der Waals surface area contributed by atoms with E-state index >= 15 is 0 Å². The minimum absolute atomic E-state index is 0.696. The Morgan fingerprint density at radius 2 is 2.00 bits per heavy atom. The number of amides is 1. The van der Waals surface area contributed by atoms with E-state index in [9.17, 15) is 4.79 Å². The maximum absolute atomic E-state index is 12.3. The summed E-state index contributed by atoms with van der Waals surface area (Å²) in [6, 6.07) is 16.0. The van der Waals surface area contributed by atoms with E-state index in [1.807, 2.05) is 60.3 Å². The van der Waals surface area contributed by atoms with E-state index in [4.69, 9.17) is 4.74 Å². The number of anilines is 1. The van der Waals surface area contributed by atoms with E-state index in [1.165, 1.54) is 0 Å². The monoisotopic (exact) mass is 398 g/mol. The first-order valence-electron chi connectivity index (χ1n) is 9.89. The molecule has 0 N–H and O–H groups in total. The summed E-state index contributed by atoms with van der Waals surface area (Å²) < 4.78 is 7.60. The second-order valence-corrected chi connectivity index (χ2v) is 7.40. The predicted octanol–water partition coefficient (Wildman–Crippen LogP) is 4.25. The van der Waals surface area contributed by atoms with Crippen molar-refractivity contribution in [2.75, 3.05) is 12.0 Å². The molecule has 150 valence electrons. The molecule has 3 heterocycles. The van der Waals surface area contributed by atoms with Crippen LogP contribution >= 0.6 is 0 Å². The molecule has 0 atom stereocenters. The molecule has 6 heteroatoms. The van der Waals surface area contributed by atoms with E-state index in [2.05, 4.69) is 28.3 Å². The largest absolute Gasteiger partial charge is 0.496 e. The molecule has 0 saturated heterocycles. The summed E-state index contributed by atoms with van der Waals surface area (Å²) in [5.41, 5.74) is 6.65. The fourth-order valence-electron chi connectivity index (χ4n) is 4.17. The summed E-state index contributed by atoms with van der Waals surface area (Å²) in [4.78, 5) is 16.3. The Balaban J connectivity index is 1.70. The molecule has 0 spiro atoms. The molecule has 30 heavy (non-hydrogen) atoms. The normalized spacial score (nSPS) is 15.1. The SMILES string of the molecule is COc1cc(-n2ccc(C)n2)ccc1C1=C2CC=CN2Cc2ccccc2N1C=O. The Bertz CT molecular complexity index is 1190. The van der Waals surface area contributed by atoms with Gasteiger partial charge in [-0.05, 0) is 36.8 Å². The van der Waals surface area contributed by atoms with E-state index < -0.39 is 0 Å². The molecule has 1 aromatic heterocycles. The van der Waals surface area contributed by atoms with Gasteiger partial charge in [-0.3, -0.25) is 9.69 Å². The quantitative estimate of drug-likeness (QED) is 0.617. The Morgan fingerprint density at radius 1 is 1.13 bits per heavy atom. The highest BCUT2D eigenvalue weighted by atomic mass is 16.5. The predicted molar refractivity (Wildman–Crippen MR) is 116 cm³/mol. The summed E-state index contributed by atoms with van der Waals surface area (Å²) in [5, 5.41) is 4.49. The molecule has 3 aromatic rings. The summed E-state index contributed by atoms with van der Waals surface area (Å²) in [7, 11) is 1.66. The average molecular weight is 398 g/mol. The standard InChI is InChI=1S/C24H22N4O2/c1-17-11-13-28(25-17)19-9-10-20(23(14-19)30-2)24-22-8-5-12-26(22)15-18-6-3-4-7-21(18)27(24)16-29/h3-7,9-14,16H,8,15H2,1-2H3. The molecule has 0 aliphatic carbocycles. The van der Waals surface area contributed by atoms with Crippen LogP contribution in [0.25, 0.3) is 11.4 Å². The summed E-state index contributed by atoms with van der Waals surface area (Å²) in [6.07, 6.45) is 7.80. The summed E-state index contributed by atoms with van der Waals surface area (Å²) in [6.45, 7) is 2.68. The molecule has 2 aliphatic rings. The van der Waals surface area contributed by atoms with Crippen molar-refractivity contribution in [3.63, 3.8) is 0 Å². The van der Waals surface area contributed by atoms with Gasteiger partial charge in [0.05, 0.1) is 29.9 Å². The van der Waals surface area contributed by atoms with Crippen LogP contribution in [0.2, 0.25) is 0 Å². The van der Waals surface area contributed by atoms with Gasteiger partial charge in [-0.15, -0.1) is 0 Å². The van der Waals surface area contributed by atoms with Crippen molar-refractivity contribution < 1.29 is 9.53 Å². The van der Waals surface area contributed by atoms with Gasteiger partial charge in [0.25, 0.3) is 0 Å². The van der Waals surface area contributed by atoms with Crippen LogP contribution in [0.4, 0.5) is 5.69 Å². The van der Waals surface area contributed by atoms with Crippen molar-refractivity contribution in [3.05, 3.63) is 89.5 Å². The first kappa shape index (κ1) is 18.2. The molecule has 1 amide bonds. The van der Waals surface area contributed by atoms with Crippen LogP contribution in [-0.4, -0.2) is 28.2 Å². The third-order valence-corrected chi connectivity index (χ3v) is 5.58. The number of methoxy groups -OCH3 is 1. The van der Waals surface area contributed by atoms with Crippen LogP contribution in [0.1, 0.15) is 23.2 Å². The van der Waals surface area contributed by atoms with Crippen molar-refractivity contribution in [2.24, 2.45) is 0 Å². The molecule has 0 fully saturated rings. The number of hydrogen-bond acceptors (Lipinski definition) is 4. The highest BCUT2D eigenvalue weighted by Crippen LogP contribution is 2.42. The number of aryl methyl sites for hydroxylation is 1. The number of carbonyl (C=O) groups excluding carboxylic acids is 1. The van der Waals surface area contributed by atoms with Gasteiger partial charge in [0.15, 0.2) is 0 Å². The number of carbonyl (C=O) groups is 1. The number of rotatable bonds is 4. The zero-order valence-electron chi connectivity index (χ0n) is 16.9. The van der Waals surface area contributed by atoms with E-state index in [1.54, 1.807) is 12.0 Å². The van der Waals surface area contributed by atoms with Gasteiger partial charge in [-0.2, -0.15) is 5.10 Å². The first-order valence-corrected chi connectivity index (χ1v) is 9.89. The van der Waals surface area contributed by atoms with Gasteiger partial charge in [0, 0.05) is 42.7 Å². The number of nitrogens with zero attached hydrogens (tertiary/aromatic N) is 4. The van der Waals surface area contributed by atoms with Crippen LogP contribution in [0, 0.1) is 6.92 Å². The molecule has 2 aromatic carbocycles. The molecular weight excluding hydrogens is 376 g/mol. The fraction of sp³-hybridized carbons (Fsp3) is 0.167. The smallest absolute Gasteiger partial charge is 0.218 e. The van der Waals surface area contributed by atoms with Gasteiger partial charge in [-0.1, -0.05) is 24.3 Å². The molecule has 0 saturated carbocycles. The molecule has 0 unspecified atom stereocenters. The zero-order valence-corrected chi connectivity index (χ0v) is 16.9. The number of aromatic nitrogens is 2. The topological polar surface area (TPSA) is 50.6 Å². The fourth-order valence-corrected chi connectivity index (χ4v) is 4.17. The number of ether oxygens (including phenoxy) is 1. The zero-order chi connectivity index (χ0) is 20.7. The van der Waals surface area contributed by atoms with Crippen LogP contribution < -0.4 is 9.64 Å². The maximum Gasteiger partial charge on any atom is 0.218 e. The lowest BCUT2D eigenvalue weighted by Crippen LogP contribution is -2.22. The Kier molecular flexibility index (Phi) is 4.39. The van der Waals surface area contributed by atoms with Gasteiger partial charge < -0.3 is 9.64 Å². The second kappa shape index (κ2) is 7.22. The van der Waals surface area contributed by atoms with Crippen molar-refractivity contribution in [1.82, 2.24) is 14.7 Å². The lowest BCUT2D eigenvalue weighted by Gasteiger charge is -2.25. The molecule has 6 nitrogen and oxygen atoms in total. The van der Waals surface area contributed by atoms with Crippen LogP contribution in [0.5, 0.6) is 5.75 Å². The van der Waals surface area contributed by atoms with Crippen molar-refractivity contribution in [1.29, 1.82) is 0 Å². The minimum Gasteiger partial charge on any atom is -0.496 e. The van der Waals surface area contributed by atoms with Gasteiger partial charge in [0.2, 0.25) is 6.41 Å². The summed E-state index contributed by atoms with van der Waals surface area (Å²) >= 11 is 0. The van der Waals surface area contributed by atoms with Gasteiger partial charge in [-0.25, -0.2) is 4.68 Å². The number of allylic oxidation sites excluding steroid dienone is 1. The number of benzene rings is 2. The minimum atomic E-state index is 0.696. The Labute approximate surface area is 175 Å². The van der Waals surface area contributed by atoms with Crippen LogP contribution in [0.15, 0.2) is 72.7 Å². The van der Waals surface area contributed by atoms with E-state index in [-0.39, 0.29) is 0 Å². The van der Waals surface area contributed by atoms with Gasteiger partial charge in [0.1, 0.15) is 5.75 Å². The molecule has 0 radical (unpaired) electrons. The molecule has 5 rings (SSSR count). The number of para-hydroxylation sites is 1. The third kappa shape index (κ3) is 2.88. The van der Waals surface area contributed by atoms with E-state index in [0.29, 0.717) is 5.75 Å². The third-order valence-electron chi connectivity index (χ3n) is 5.58.